The largest absolute Gasteiger partial charge is 0.497 e. The fraction of sp³-hybridized carbons (Fsp3) is 0.241. The zero-order chi connectivity index (χ0) is 25.7. The predicted molar refractivity (Wildman–Crippen MR) is 142 cm³/mol. The minimum absolute atomic E-state index is 0.00138. The summed E-state index contributed by atoms with van der Waals surface area (Å²) in [6.07, 6.45) is 0.805. The van der Waals surface area contributed by atoms with E-state index in [0.29, 0.717) is 28.8 Å². The van der Waals surface area contributed by atoms with Crippen LogP contribution in [0.25, 0.3) is 5.69 Å². The molecule has 0 fully saturated rings. The molecule has 0 saturated carbocycles. The van der Waals surface area contributed by atoms with Crippen molar-refractivity contribution in [2.45, 2.75) is 39.8 Å². The molecule has 0 aliphatic rings. The number of aromatic nitrogens is 2. The van der Waals surface area contributed by atoms with Crippen LogP contribution in [0.5, 0.6) is 17.4 Å². The van der Waals surface area contributed by atoms with Gasteiger partial charge in [0.2, 0.25) is 5.88 Å². The van der Waals surface area contributed by atoms with E-state index in [1.54, 1.807) is 36.1 Å². The lowest BCUT2D eigenvalue weighted by Crippen LogP contribution is -2.38. The van der Waals surface area contributed by atoms with E-state index in [1.807, 2.05) is 66.4 Å². The lowest BCUT2D eigenvalue weighted by molar-refractivity contribution is 0.0670. The Morgan fingerprint density at radius 1 is 1.00 bits per heavy atom. The molecule has 0 unspecified atom stereocenters. The number of aryl methyl sites for hydroxylation is 1. The van der Waals surface area contributed by atoms with E-state index in [0.717, 1.165) is 29.1 Å². The van der Waals surface area contributed by atoms with Crippen LogP contribution in [0.1, 0.15) is 41.9 Å². The van der Waals surface area contributed by atoms with Crippen LogP contribution in [0.4, 0.5) is 0 Å². The highest BCUT2D eigenvalue weighted by Crippen LogP contribution is 2.33. The summed E-state index contributed by atoms with van der Waals surface area (Å²) < 4.78 is 13.5. The van der Waals surface area contributed by atoms with Crippen molar-refractivity contribution in [3.05, 3.63) is 101 Å². The Morgan fingerprint density at radius 2 is 1.64 bits per heavy atom. The monoisotopic (exact) mass is 503 g/mol. The zero-order valence-electron chi connectivity index (χ0n) is 20.9. The number of methoxy groups -OCH3 is 1. The molecule has 6 nitrogen and oxygen atoms in total. The van der Waals surface area contributed by atoms with E-state index in [4.69, 9.17) is 26.2 Å². The van der Waals surface area contributed by atoms with Crippen LogP contribution in [0.3, 0.4) is 0 Å². The van der Waals surface area contributed by atoms with Crippen molar-refractivity contribution in [3.63, 3.8) is 0 Å². The van der Waals surface area contributed by atoms with Gasteiger partial charge in [-0.2, -0.15) is 5.10 Å². The van der Waals surface area contributed by atoms with Gasteiger partial charge in [-0.3, -0.25) is 4.79 Å². The third-order valence-corrected chi connectivity index (χ3v) is 6.47. The number of para-hydroxylation sites is 1. The molecular formula is C29H30ClN3O3. The van der Waals surface area contributed by atoms with Crippen molar-refractivity contribution in [1.82, 2.24) is 14.7 Å². The van der Waals surface area contributed by atoms with E-state index in [-0.39, 0.29) is 11.9 Å². The molecule has 1 aromatic heterocycles. The molecule has 7 heteroatoms. The number of hydrogen-bond donors (Lipinski definition) is 0. The van der Waals surface area contributed by atoms with Crippen molar-refractivity contribution in [2.24, 2.45) is 0 Å². The van der Waals surface area contributed by atoms with Crippen LogP contribution in [0, 0.1) is 6.92 Å². The summed E-state index contributed by atoms with van der Waals surface area (Å²) in [6, 6.07) is 24.2. The highest BCUT2D eigenvalue weighted by atomic mass is 35.5. The maximum absolute atomic E-state index is 13.6. The Morgan fingerprint density at radius 3 is 2.25 bits per heavy atom. The highest BCUT2D eigenvalue weighted by Gasteiger charge is 2.27. The first-order valence-corrected chi connectivity index (χ1v) is 12.3. The number of rotatable bonds is 9. The van der Waals surface area contributed by atoms with Crippen molar-refractivity contribution in [3.8, 4) is 23.1 Å². The lowest BCUT2D eigenvalue weighted by Gasteiger charge is -2.29. The Labute approximate surface area is 217 Å². The molecule has 36 heavy (non-hydrogen) atoms. The number of benzene rings is 3. The van der Waals surface area contributed by atoms with Gasteiger partial charge in [0.05, 0.1) is 30.6 Å². The molecule has 4 aromatic rings. The molecule has 0 aliphatic heterocycles. The van der Waals surface area contributed by atoms with Crippen LogP contribution in [-0.2, 0) is 6.54 Å². The highest BCUT2D eigenvalue weighted by molar-refractivity contribution is 6.30. The fourth-order valence-corrected chi connectivity index (χ4v) is 4.03. The number of nitrogens with zero attached hydrogens (tertiary/aromatic N) is 3. The Bertz CT molecular complexity index is 1300. The number of ether oxygens (including phenoxy) is 2. The number of carbonyl (C=O) groups excluding carboxylic acids is 1. The second kappa shape index (κ2) is 11.3. The molecule has 1 heterocycles. The average molecular weight is 504 g/mol. The number of halogens is 1. The average Bonchev–Trinajstić information content (AvgIpc) is 3.22. The summed E-state index contributed by atoms with van der Waals surface area (Å²) in [5.41, 5.74) is 3.09. The first-order chi connectivity index (χ1) is 17.4. The molecule has 1 atom stereocenters. The maximum atomic E-state index is 13.6. The quantitative estimate of drug-likeness (QED) is 0.245. The van der Waals surface area contributed by atoms with E-state index >= 15 is 0 Å². The molecular weight excluding hydrogens is 474 g/mol. The van der Waals surface area contributed by atoms with Crippen molar-refractivity contribution in [1.29, 1.82) is 0 Å². The molecule has 0 radical (unpaired) electrons. The van der Waals surface area contributed by atoms with Gasteiger partial charge in [0, 0.05) is 16.6 Å². The second-order valence-corrected chi connectivity index (χ2v) is 9.03. The molecule has 0 N–H and O–H groups in total. The Kier molecular flexibility index (Phi) is 7.96. The second-order valence-electron chi connectivity index (χ2n) is 8.59. The SMILES string of the molecule is CC[C@@H](C)N(Cc1c(C)nn(-c2ccccc2)c1Oc1ccc(OC)cc1)C(=O)c1ccc(Cl)cc1. The van der Waals surface area contributed by atoms with E-state index < -0.39 is 0 Å². The normalized spacial score (nSPS) is 11.7. The van der Waals surface area contributed by atoms with Gasteiger partial charge in [-0.15, -0.1) is 0 Å². The van der Waals surface area contributed by atoms with Gasteiger partial charge in [-0.05, 0) is 80.9 Å². The zero-order valence-corrected chi connectivity index (χ0v) is 21.7. The summed E-state index contributed by atoms with van der Waals surface area (Å²) in [5, 5.41) is 5.40. The predicted octanol–water partition coefficient (Wildman–Crippen LogP) is 7.08. The topological polar surface area (TPSA) is 56.6 Å². The number of hydrogen-bond acceptors (Lipinski definition) is 4. The van der Waals surface area contributed by atoms with Gasteiger partial charge >= 0.3 is 0 Å². The molecule has 0 spiro atoms. The van der Waals surface area contributed by atoms with Crippen LogP contribution in [-0.4, -0.2) is 33.7 Å². The van der Waals surface area contributed by atoms with Crippen molar-refractivity contribution >= 4 is 17.5 Å². The van der Waals surface area contributed by atoms with Crippen LogP contribution in [0.2, 0.25) is 5.02 Å². The fourth-order valence-electron chi connectivity index (χ4n) is 3.90. The molecule has 0 saturated heterocycles. The van der Waals surface area contributed by atoms with Gasteiger partial charge in [0.1, 0.15) is 11.5 Å². The van der Waals surface area contributed by atoms with Crippen LogP contribution in [0.15, 0.2) is 78.9 Å². The summed E-state index contributed by atoms with van der Waals surface area (Å²) in [5.74, 6) is 1.89. The third-order valence-electron chi connectivity index (χ3n) is 6.22. The van der Waals surface area contributed by atoms with Gasteiger partial charge in [0.25, 0.3) is 5.91 Å². The molecule has 1 amide bonds. The summed E-state index contributed by atoms with van der Waals surface area (Å²) >= 11 is 6.05. The molecule has 3 aromatic carbocycles. The minimum Gasteiger partial charge on any atom is -0.497 e. The third kappa shape index (κ3) is 5.55. The Hall–Kier alpha value is -3.77. The van der Waals surface area contributed by atoms with Crippen molar-refractivity contribution in [2.75, 3.05) is 7.11 Å². The summed E-state index contributed by atoms with van der Waals surface area (Å²) in [6.45, 7) is 6.41. The number of amides is 1. The molecule has 4 rings (SSSR count). The minimum atomic E-state index is -0.0664. The van der Waals surface area contributed by atoms with Gasteiger partial charge in [-0.25, -0.2) is 4.68 Å². The smallest absolute Gasteiger partial charge is 0.254 e. The first-order valence-electron chi connectivity index (χ1n) is 11.9. The van der Waals surface area contributed by atoms with Crippen LogP contribution >= 0.6 is 11.6 Å². The van der Waals surface area contributed by atoms with E-state index in [1.165, 1.54) is 0 Å². The molecule has 0 bridgehead atoms. The maximum Gasteiger partial charge on any atom is 0.254 e. The van der Waals surface area contributed by atoms with Gasteiger partial charge < -0.3 is 14.4 Å². The first kappa shape index (κ1) is 25.3. The van der Waals surface area contributed by atoms with Gasteiger partial charge in [0.15, 0.2) is 0 Å². The molecule has 186 valence electrons. The summed E-state index contributed by atoms with van der Waals surface area (Å²) in [4.78, 5) is 15.5. The van der Waals surface area contributed by atoms with E-state index in [9.17, 15) is 4.79 Å². The molecule has 0 aliphatic carbocycles. The number of carbonyl (C=O) groups is 1. The lowest BCUT2D eigenvalue weighted by atomic mass is 10.1. The van der Waals surface area contributed by atoms with Crippen LogP contribution < -0.4 is 9.47 Å². The van der Waals surface area contributed by atoms with Gasteiger partial charge in [-0.1, -0.05) is 36.7 Å². The Balaban J connectivity index is 1.76. The standard InChI is InChI=1S/C29H30ClN3O3/c1-5-20(2)32(28(34)22-11-13-23(30)14-12-22)19-27-21(3)31-33(24-9-7-6-8-10-24)29(27)36-26-17-15-25(35-4)16-18-26/h6-18,20H,5,19H2,1-4H3/t20-/m1/s1. The van der Waals surface area contributed by atoms with E-state index in [2.05, 4.69) is 13.8 Å². The summed E-state index contributed by atoms with van der Waals surface area (Å²) in [7, 11) is 1.63. The van der Waals surface area contributed by atoms with Crippen molar-refractivity contribution < 1.29 is 14.3 Å².